The molecule has 2 rings (SSSR count). The van der Waals surface area contributed by atoms with E-state index in [4.69, 9.17) is 5.11 Å². The molecule has 0 fully saturated rings. The molecule has 13 heavy (non-hydrogen) atoms. The average molecular weight is 180 g/mol. The Morgan fingerprint density at radius 1 is 1.54 bits per heavy atom. The molecule has 0 saturated carbocycles. The Morgan fingerprint density at radius 3 is 3.00 bits per heavy atom. The molecule has 0 aliphatic carbocycles. The van der Waals surface area contributed by atoms with Crippen LogP contribution in [0.2, 0.25) is 0 Å². The van der Waals surface area contributed by atoms with Crippen molar-refractivity contribution >= 4 is 16.9 Å². The van der Waals surface area contributed by atoms with E-state index in [0.29, 0.717) is 0 Å². The van der Waals surface area contributed by atoms with Crippen LogP contribution in [0.3, 0.4) is 0 Å². The molecule has 0 aliphatic heterocycles. The van der Waals surface area contributed by atoms with Crippen LogP contribution in [-0.4, -0.2) is 21.3 Å². The van der Waals surface area contributed by atoms with Gasteiger partial charge in [-0.05, 0) is 12.1 Å². The van der Waals surface area contributed by atoms with Crippen LogP contribution in [0, 0.1) is 5.82 Å². The number of nitrogens with zero attached hydrogens (tertiary/aromatic N) is 1. The molecule has 5 heteroatoms. The largest absolute Gasteiger partial charge is 0.478 e. The maximum absolute atomic E-state index is 13.0. The summed E-state index contributed by atoms with van der Waals surface area (Å²) in [5.41, 5.74) is 0.171. The van der Waals surface area contributed by atoms with Crippen molar-refractivity contribution in [3.05, 3.63) is 29.7 Å². The molecule has 1 heterocycles. The normalized spacial score (nSPS) is 10.5. The third-order valence-corrected chi connectivity index (χ3v) is 1.80. The van der Waals surface area contributed by atoms with E-state index in [9.17, 15) is 9.18 Å². The molecular weight excluding hydrogens is 175 g/mol. The highest BCUT2D eigenvalue weighted by Crippen LogP contribution is 2.19. The number of hydrogen-bond donors (Lipinski definition) is 2. The van der Waals surface area contributed by atoms with Crippen LogP contribution in [0.1, 0.15) is 10.4 Å². The number of aromatic amines is 1. The Balaban J connectivity index is 2.86. The summed E-state index contributed by atoms with van der Waals surface area (Å²) in [4.78, 5) is 10.7. The maximum atomic E-state index is 13.0. The van der Waals surface area contributed by atoms with Crippen molar-refractivity contribution < 1.29 is 14.3 Å². The second-order valence-corrected chi connectivity index (χ2v) is 2.56. The fourth-order valence-electron chi connectivity index (χ4n) is 1.19. The highest BCUT2D eigenvalue weighted by molar-refractivity contribution is 6.02. The summed E-state index contributed by atoms with van der Waals surface area (Å²) in [6.07, 6.45) is 1.29. The van der Waals surface area contributed by atoms with Crippen molar-refractivity contribution in [1.29, 1.82) is 0 Å². The van der Waals surface area contributed by atoms with Crippen LogP contribution in [0.15, 0.2) is 18.3 Å². The number of fused-ring (bicyclic) bond motifs is 1. The number of carboxylic acid groups (broad SMARTS) is 1. The average Bonchev–Trinajstić information content (AvgIpc) is 2.53. The number of halogens is 1. The van der Waals surface area contributed by atoms with Crippen LogP contribution in [-0.2, 0) is 0 Å². The predicted octanol–water partition coefficient (Wildman–Crippen LogP) is 1.40. The number of aromatic nitrogens is 2. The van der Waals surface area contributed by atoms with Gasteiger partial charge in [0.05, 0.1) is 11.8 Å². The third-order valence-electron chi connectivity index (χ3n) is 1.80. The summed E-state index contributed by atoms with van der Waals surface area (Å²) < 4.78 is 13.0. The minimum absolute atomic E-state index is 0.0464. The van der Waals surface area contributed by atoms with Crippen molar-refractivity contribution in [1.82, 2.24) is 10.2 Å². The zero-order chi connectivity index (χ0) is 9.42. The quantitative estimate of drug-likeness (QED) is 0.697. The number of rotatable bonds is 1. The number of carbonyl (C=O) groups is 1. The molecular formula is C8H5FN2O2. The predicted molar refractivity (Wildman–Crippen MR) is 43.0 cm³/mol. The Morgan fingerprint density at radius 2 is 2.31 bits per heavy atom. The Kier molecular flexibility index (Phi) is 1.51. The lowest BCUT2D eigenvalue weighted by atomic mass is 10.1. The number of carboxylic acids is 1. The zero-order valence-electron chi connectivity index (χ0n) is 6.41. The Labute approximate surface area is 72.0 Å². The molecule has 0 radical (unpaired) electrons. The Hall–Kier alpha value is -1.91. The molecule has 0 aliphatic rings. The van der Waals surface area contributed by atoms with Gasteiger partial charge < -0.3 is 5.11 Å². The van der Waals surface area contributed by atoms with Gasteiger partial charge in [0.1, 0.15) is 11.3 Å². The van der Waals surface area contributed by atoms with Gasteiger partial charge >= 0.3 is 5.97 Å². The summed E-state index contributed by atoms with van der Waals surface area (Å²) in [7, 11) is 0. The number of nitrogens with one attached hydrogen (secondary N) is 1. The highest BCUT2D eigenvalue weighted by atomic mass is 19.1. The van der Waals surface area contributed by atoms with Gasteiger partial charge in [-0.1, -0.05) is 0 Å². The Bertz CT molecular complexity index is 478. The first-order valence-corrected chi connectivity index (χ1v) is 3.55. The highest BCUT2D eigenvalue weighted by Gasteiger charge is 2.12. The third kappa shape index (κ3) is 1.05. The molecule has 0 amide bonds. The first-order valence-electron chi connectivity index (χ1n) is 3.55. The molecule has 0 saturated heterocycles. The summed E-state index contributed by atoms with van der Waals surface area (Å²) >= 11 is 0. The van der Waals surface area contributed by atoms with Crippen LogP contribution >= 0.6 is 0 Å². The molecule has 4 nitrogen and oxygen atoms in total. The van der Waals surface area contributed by atoms with Crippen molar-refractivity contribution in [3.63, 3.8) is 0 Å². The maximum Gasteiger partial charge on any atom is 0.336 e. The van der Waals surface area contributed by atoms with Crippen LogP contribution in [0.25, 0.3) is 10.9 Å². The smallest absolute Gasteiger partial charge is 0.336 e. The fourth-order valence-corrected chi connectivity index (χ4v) is 1.19. The molecule has 0 unspecified atom stereocenters. The lowest BCUT2D eigenvalue weighted by Gasteiger charge is -1.96. The lowest BCUT2D eigenvalue weighted by molar-refractivity contribution is 0.0699. The summed E-state index contributed by atoms with van der Waals surface area (Å²) in [5, 5.41) is 15.0. The second-order valence-electron chi connectivity index (χ2n) is 2.56. The van der Waals surface area contributed by atoms with E-state index in [1.807, 2.05) is 0 Å². The SMILES string of the molecule is O=C(O)c1ccc(F)c2[nH]ncc12. The van der Waals surface area contributed by atoms with E-state index in [1.165, 1.54) is 12.3 Å². The van der Waals surface area contributed by atoms with Crippen molar-refractivity contribution in [2.75, 3.05) is 0 Å². The van der Waals surface area contributed by atoms with E-state index < -0.39 is 11.8 Å². The minimum atomic E-state index is -1.09. The number of benzene rings is 1. The molecule has 66 valence electrons. The standard InChI is InChI=1S/C8H5FN2O2/c9-6-2-1-4(8(12)13)5-3-10-11-7(5)6/h1-3H,(H,10,11)(H,12,13). The van der Waals surface area contributed by atoms with E-state index in [1.54, 1.807) is 0 Å². The first-order chi connectivity index (χ1) is 6.20. The van der Waals surface area contributed by atoms with Crippen molar-refractivity contribution in [3.8, 4) is 0 Å². The van der Waals surface area contributed by atoms with Gasteiger partial charge in [-0.2, -0.15) is 5.10 Å². The number of H-pyrrole nitrogens is 1. The van der Waals surface area contributed by atoms with E-state index in [0.717, 1.165) is 6.07 Å². The molecule has 0 atom stereocenters. The van der Waals surface area contributed by atoms with Gasteiger partial charge in [-0.15, -0.1) is 0 Å². The van der Waals surface area contributed by atoms with E-state index >= 15 is 0 Å². The summed E-state index contributed by atoms with van der Waals surface area (Å²) in [5.74, 6) is -1.59. The van der Waals surface area contributed by atoms with Gasteiger partial charge in [0.25, 0.3) is 0 Å². The summed E-state index contributed by atoms with van der Waals surface area (Å²) in [6, 6.07) is 2.32. The molecule has 2 aromatic rings. The van der Waals surface area contributed by atoms with Crippen LogP contribution in [0.5, 0.6) is 0 Å². The molecule has 0 bridgehead atoms. The van der Waals surface area contributed by atoms with Gasteiger partial charge in [0.15, 0.2) is 0 Å². The molecule has 1 aromatic carbocycles. The number of hydrogen-bond acceptors (Lipinski definition) is 2. The van der Waals surface area contributed by atoms with Crippen molar-refractivity contribution in [2.45, 2.75) is 0 Å². The van der Waals surface area contributed by atoms with Crippen LogP contribution in [0.4, 0.5) is 4.39 Å². The monoisotopic (exact) mass is 180 g/mol. The minimum Gasteiger partial charge on any atom is -0.478 e. The van der Waals surface area contributed by atoms with E-state index in [2.05, 4.69) is 10.2 Å². The van der Waals surface area contributed by atoms with Crippen LogP contribution < -0.4 is 0 Å². The fraction of sp³-hybridized carbons (Fsp3) is 0. The van der Waals surface area contributed by atoms with Gasteiger partial charge in [0.2, 0.25) is 0 Å². The van der Waals surface area contributed by atoms with Gasteiger partial charge in [-0.25, -0.2) is 9.18 Å². The second kappa shape index (κ2) is 2.55. The van der Waals surface area contributed by atoms with Crippen molar-refractivity contribution in [2.24, 2.45) is 0 Å². The molecule has 2 N–H and O–H groups in total. The van der Waals surface area contributed by atoms with Gasteiger partial charge in [-0.3, -0.25) is 5.10 Å². The van der Waals surface area contributed by atoms with E-state index in [-0.39, 0.29) is 16.5 Å². The van der Waals surface area contributed by atoms with Gasteiger partial charge in [0, 0.05) is 5.39 Å². The first kappa shape index (κ1) is 7.72. The zero-order valence-corrected chi connectivity index (χ0v) is 6.41. The lowest BCUT2D eigenvalue weighted by Crippen LogP contribution is -1.97. The molecule has 1 aromatic heterocycles. The number of aromatic carboxylic acids is 1. The molecule has 0 spiro atoms. The topological polar surface area (TPSA) is 66.0 Å². The summed E-state index contributed by atoms with van der Waals surface area (Å²) in [6.45, 7) is 0.